The van der Waals surface area contributed by atoms with Gasteiger partial charge in [-0.05, 0) is 24.6 Å². The van der Waals surface area contributed by atoms with Gasteiger partial charge < -0.3 is 16.0 Å². The molecule has 0 aromatic heterocycles. The Labute approximate surface area is 166 Å². The Hall–Kier alpha value is -1.97. The van der Waals surface area contributed by atoms with Gasteiger partial charge in [0.15, 0.2) is 0 Å². The van der Waals surface area contributed by atoms with Crippen molar-refractivity contribution in [1.82, 2.24) is 20.0 Å². The molecule has 4 amide bonds. The molecule has 0 atom stereocenters. The van der Waals surface area contributed by atoms with Crippen LogP contribution < -0.4 is 11.1 Å². The van der Waals surface area contributed by atoms with Gasteiger partial charge in [0.05, 0.1) is 11.1 Å². The average molecular weight is 438 g/mol. The molecule has 2 aliphatic heterocycles. The average Bonchev–Trinajstić information content (AvgIpc) is 2.90. The predicted molar refractivity (Wildman–Crippen MR) is 105 cm³/mol. The smallest absolute Gasteiger partial charge is 0.317 e. The van der Waals surface area contributed by atoms with Gasteiger partial charge in [0.2, 0.25) is 0 Å². The first-order valence-corrected chi connectivity index (χ1v) is 9.91. The number of amides is 4. The highest BCUT2D eigenvalue weighted by Crippen LogP contribution is 2.25. The summed E-state index contributed by atoms with van der Waals surface area (Å²) in [6.07, 6.45) is 0.519. The van der Waals surface area contributed by atoms with Crippen LogP contribution in [0.15, 0.2) is 22.7 Å². The molecule has 146 valence electrons. The minimum absolute atomic E-state index is 0.103. The summed E-state index contributed by atoms with van der Waals surface area (Å²) in [5.74, 6) is -0.552. The van der Waals surface area contributed by atoms with Crippen molar-refractivity contribution >= 4 is 33.8 Å². The first kappa shape index (κ1) is 19.8. The van der Waals surface area contributed by atoms with Gasteiger partial charge in [0.1, 0.15) is 0 Å². The summed E-state index contributed by atoms with van der Waals surface area (Å²) in [6.45, 7) is 5.20. The summed E-state index contributed by atoms with van der Waals surface area (Å²) >= 11 is 3.32. The molecule has 3 N–H and O–H groups in total. The van der Waals surface area contributed by atoms with Gasteiger partial charge in [0.25, 0.3) is 11.8 Å². The lowest BCUT2D eigenvalue weighted by Crippen LogP contribution is -2.52. The first-order chi connectivity index (χ1) is 13.0. The highest BCUT2D eigenvalue weighted by molar-refractivity contribution is 9.10. The van der Waals surface area contributed by atoms with Gasteiger partial charge in [-0.1, -0.05) is 15.9 Å². The quantitative estimate of drug-likeness (QED) is 0.504. The van der Waals surface area contributed by atoms with E-state index in [1.54, 1.807) is 23.1 Å². The van der Waals surface area contributed by atoms with Gasteiger partial charge in [-0.2, -0.15) is 0 Å². The van der Waals surface area contributed by atoms with Gasteiger partial charge in [-0.3, -0.25) is 19.4 Å². The largest absolute Gasteiger partial charge is 0.338 e. The van der Waals surface area contributed by atoms with E-state index in [1.807, 2.05) is 0 Å². The van der Waals surface area contributed by atoms with Crippen molar-refractivity contribution < 1.29 is 14.4 Å². The molecule has 2 heterocycles. The van der Waals surface area contributed by atoms with Crippen LogP contribution in [0, 0.1) is 0 Å². The number of hydrogen-bond donors (Lipinski definition) is 2. The second-order valence-corrected chi connectivity index (χ2v) is 7.57. The van der Waals surface area contributed by atoms with E-state index in [4.69, 9.17) is 5.73 Å². The minimum Gasteiger partial charge on any atom is -0.338 e. The Morgan fingerprint density at radius 3 is 2.48 bits per heavy atom. The van der Waals surface area contributed by atoms with Crippen LogP contribution in [0.3, 0.4) is 0 Å². The first-order valence-electron chi connectivity index (χ1n) is 9.12. The Bertz CT molecular complexity index is 734. The second-order valence-electron chi connectivity index (χ2n) is 6.65. The van der Waals surface area contributed by atoms with Crippen LogP contribution in [0.2, 0.25) is 0 Å². The zero-order valence-corrected chi connectivity index (χ0v) is 16.7. The molecule has 0 saturated carbocycles. The van der Waals surface area contributed by atoms with Crippen LogP contribution in [0.5, 0.6) is 0 Å². The van der Waals surface area contributed by atoms with Crippen LogP contribution in [0.25, 0.3) is 0 Å². The molecule has 8 nitrogen and oxygen atoms in total. The molecule has 1 aromatic carbocycles. The Morgan fingerprint density at radius 1 is 1.07 bits per heavy atom. The summed E-state index contributed by atoms with van der Waals surface area (Å²) in [7, 11) is 0. The number of imide groups is 1. The number of carbonyl (C=O) groups is 3. The third-order valence-corrected chi connectivity index (χ3v) is 5.37. The lowest BCUT2D eigenvalue weighted by Gasteiger charge is -2.34. The lowest BCUT2D eigenvalue weighted by atomic mass is 10.1. The molecule has 27 heavy (non-hydrogen) atoms. The van der Waals surface area contributed by atoms with E-state index in [1.165, 1.54) is 4.90 Å². The third-order valence-electron chi connectivity index (χ3n) is 4.87. The van der Waals surface area contributed by atoms with Crippen LogP contribution in [0.1, 0.15) is 27.1 Å². The van der Waals surface area contributed by atoms with Crippen molar-refractivity contribution in [2.45, 2.75) is 6.42 Å². The molecule has 1 saturated heterocycles. The summed E-state index contributed by atoms with van der Waals surface area (Å²) in [5, 5.41) is 2.87. The molecule has 0 radical (unpaired) electrons. The summed E-state index contributed by atoms with van der Waals surface area (Å²) in [4.78, 5) is 42.2. The summed E-state index contributed by atoms with van der Waals surface area (Å²) in [6, 6.07) is 4.97. The number of urea groups is 1. The van der Waals surface area contributed by atoms with E-state index in [9.17, 15) is 14.4 Å². The fourth-order valence-corrected chi connectivity index (χ4v) is 3.73. The van der Waals surface area contributed by atoms with Gasteiger partial charge in [0, 0.05) is 56.8 Å². The van der Waals surface area contributed by atoms with Crippen molar-refractivity contribution in [2.24, 2.45) is 5.73 Å². The normalized spacial score (nSPS) is 17.4. The number of nitrogens with one attached hydrogen (secondary N) is 1. The molecule has 9 heteroatoms. The van der Waals surface area contributed by atoms with Crippen molar-refractivity contribution in [3.63, 3.8) is 0 Å². The monoisotopic (exact) mass is 437 g/mol. The third kappa shape index (κ3) is 4.48. The molecular weight excluding hydrogens is 414 g/mol. The standard InChI is InChI=1S/C18H24BrN5O3/c19-13-2-3-14-15(12-13)17(26)24(16(14)25)6-1-5-21-18(27)23-10-8-22(7-4-20)9-11-23/h2-3,12H,1,4-11,20H2,(H,21,27). The molecule has 0 spiro atoms. The van der Waals surface area contributed by atoms with Crippen LogP contribution in [-0.4, -0.2) is 84.9 Å². The fourth-order valence-electron chi connectivity index (χ4n) is 3.37. The van der Waals surface area contributed by atoms with Gasteiger partial charge in [-0.25, -0.2) is 4.79 Å². The number of carbonyl (C=O) groups excluding carboxylic acids is 3. The van der Waals surface area contributed by atoms with E-state index < -0.39 is 0 Å². The molecule has 0 unspecified atom stereocenters. The lowest BCUT2D eigenvalue weighted by molar-refractivity contribution is 0.0653. The Balaban J connectivity index is 1.41. The van der Waals surface area contributed by atoms with E-state index >= 15 is 0 Å². The maximum absolute atomic E-state index is 12.4. The summed E-state index contributed by atoms with van der Waals surface area (Å²) in [5.41, 5.74) is 6.41. The van der Waals surface area contributed by atoms with E-state index in [0.717, 1.165) is 24.1 Å². The number of hydrogen-bond acceptors (Lipinski definition) is 5. The minimum atomic E-state index is -0.279. The van der Waals surface area contributed by atoms with Crippen molar-refractivity contribution in [3.8, 4) is 0 Å². The Morgan fingerprint density at radius 2 is 1.78 bits per heavy atom. The molecule has 1 fully saturated rings. The number of halogens is 1. The number of fused-ring (bicyclic) bond motifs is 1. The highest BCUT2D eigenvalue weighted by Gasteiger charge is 2.35. The van der Waals surface area contributed by atoms with E-state index in [0.29, 0.717) is 43.7 Å². The predicted octanol–water partition coefficient (Wildman–Crippen LogP) is 0.721. The van der Waals surface area contributed by atoms with Crippen LogP contribution in [-0.2, 0) is 0 Å². The molecule has 1 aromatic rings. The molecular formula is C18H24BrN5O3. The van der Waals surface area contributed by atoms with Crippen molar-refractivity contribution in [1.29, 1.82) is 0 Å². The van der Waals surface area contributed by atoms with E-state index in [2.05, 4.69) is 26.1 Å². The molecule has 0 bridgehead atoms. The number of piperazine rings is 1. The highest BCUT2D eigenvalue weighted by atomic mass is 79.9. The molecule has 2 aliphatic rings. The second kappa shape index (κ2) is 8.81. The maximum Gasteiger partial charge on any atom is 0.317 e. The van der Waals surface area contributed by atoms with Crippen LogP contribution in [0.4, 0.5) is 4.79 Å². The van der Waals surface area contributed by atoms with E-state index in [-0.39, 0.29) is 24.4 Å². The zero-order chi connectivity index (χ0) is 19.4. The fraction of sp³-hybridized carbons (Fsp3) is 0.500. The number of nitrogens with zero attached hydrogens (tertiary/aromatic N) is 3. The number of benzene rings is 1. The van der Waals surface area contributed by atoms with Crippen LogP contribution >= 0.6 is 15.9 Å². The number of nitrogens with two attached hydrogens (primary N) is 1. The Kier molecular flexibility index (Phi) is 6.46. The topological polar surface area (TPSA) is 99.0 Å². The van der Waals surface area contributed by atoms with Gasteiger partial charge >= 0.3 is 6.03 Å². The summed E-state index contributed by atoms with van der Waals surface area (Å²) < 4.78 is 0.767. The van der Waals surface area contributed by atoms with Crippen molar-refractivity contribution in [3.05, 3.63) is 33.8 Å². The molecule has 0 aliphatic carbocycles. The maximum atomic E-state index is 12.4. The number of rotatable bonds is 6. The molecule has 3 rings (SSSR count). The van der Waals surface area contributed by atoms with Crippen molar-refractivity contribution in [2.75, 3.05) is 52.4 Å². The zero-order valence-electron chi connectivity index (χ0n) is 15.1. The SMILES string of the molecule is NCCN1CCN(C(=O)NCCCN2C(=O)c3ccc(Br)cc3C2=O)CC1. The van der Waals surface area contributed by atoms with Gasteiger partial charge in [-0.15, -0.1) is 0 Å².